The molecule has 0 saturated carbocycles. The van der Waals surface area contributed by atoms with Gasteiger partial charge in [0.05, 0.1) is 0 Å². The summed E-state index contributed by atoms with van der Waals surface area (Å²) in [6.07, 6.45) is -0.949. The van der Waals surface area contributed by atoms with Gasteiger partial charge in [0.2, 0.25) is 76.8 Å². The van der Waals surface area contributed by atoms with Gasteiger partial charge in [-0.3, -0.25) is 62.3 Å². The molecule has 572 valence electrons. The minimum Gasteiger partial charge on any atom is -0.458 e. The quantitative estimate of drug-likeness (QED) is 0.0812. The number of carbonyl (C=O) groups is 14. The van der Waals surface area contributed by atoms with Crippen molar-refractivity contribution in [3.05, 3.63) is 0 Å². The molecule has 1 aliphatic heterocycles. The van der Waals surface area contributed by atoms with E-state index in [0.29, 0.717) is 19.3 Å². The van der Waals surface area contributed by atoms with Crippen LogP contribution in [0.3, 0.4) is 0 Å². The molecule has 29 nitrogen and oxygen atoms in total. The molecule has 0 aliphatic carbocycles. The van der Waals surface area contributed by atoms with Gasteiger partial charge in [-0.05, 0) is 80.5 Å². The summed E-state index contributed by atoms with van der Waals surface area (Å²) in [6, 6.07) is -12.2. The van der Waals surface area contributed by atoms with Gasteiger partial charge in [0, 0.05) is 88.3 Å². The summed E-state index contributed by atoms with van der Waals surface area (Å²) in [5.74, 6) is -12.3. The molecule has 0 aromatic heterocycles. The average molecular weight is 1420 g/mol. The number of likely N-dealkylation sites (N-methyl/N-ethyl adjacent to an activating group) is 6. The van der Waals surface area contributed by atoms with E-state index in [1.54, 1.807) is 55.4 Å². The maximum absolute atomic E-state index is 15.1. The number of nitrogens with one attached hydrogen (secondary N) is 7. The average Bonchev–Trinajstić information content (AvgIpc) is 0.832. The Morgan fingerprint density at radius 2 is 1.03 bits per heavy atom. The number of nitrogens with zero attached hydrogens (tertiary/aromatic N) is 6. The van der Waals surface area contributed by atoms with Gasteiger partial charge in [0.25, 0.3) is 0 Å². The third-order valence-electron chi connectivity index (χ3n) is 18.9. The lowest BCUT2D eigenvalue weighted by atomic mass is 9.94. The van der Waals surface area contributed by atoms with Crippen molar-refractivity contribution in [3.63, 3.8) is 0 Å². The van der Waals surface area contributed by atoms with Crippen LogP contribution in [0.1, 0.15) is 182 Å². The Hall–Kier alpha value is -7.46. The highest BCUT2D eigenvalue weighted by molar-refractivity contribution is 5.98. The van der Waals surface area contributed by atoms with E-state index in [9.17, 15) is 62.3 Å². The summed E-state index contributed by atoms with van der Waals surface area (Å²) < 4.78 is 11.1. The molecule has 14 unspecified atom stereocenters. The third-order valence-corrected chi connectivity index (χ3v) is 18.9. The highest BCUT2D eigenvalue weighted by Crippen LogP contribution is 2.24. The Kier molecular flexibility index (Phi) is 39.3. The molecule has 0 aromatic rings. The summed E-state index contributed by atoms with van der Waals surface area (Å²) in [5, 5.41) is 19.3. The monoisotopic (exact) mass is 1420 g/mol. The number of esters is 1. The minimum atomic E-state index is -1.71. The van der Waals surface area contributed by atoms with Crippen LogP contribution in [0.2, 0.25) is 0 Å². The van der Waals surface area contributed by atoms with Crippen LogP contribution < -0.4 is 37.2 Å². The first-order chi connectivity index (χ1) is 46.5. The molecular weight excluding hydrogens is 1290 g/mol. The number of cyclic esters (lactones) is 1. The van der Waals surface area contributed by atoms with Crippen LogP contribution in [0.25, 0.3) is 0 Å². The molecule has 0 bridgehead atoms. The maximum atomic E-state index is 15.1. The summed E-state index contributed by atoms with van der Waals surface area (Å²) in [6.45, 7) is 30.5. The Balaban J connectivity index is 4.23. The molecule has 14 atom stereocenters. The van der Waals surface area contributed by atoms with E-state index >= 15 is 4.79 Å². The van der Waals surface area contributed by atoms with Crippen molar-refractivity contribution in [1.29, 1.82) is 0 Å². The van der Waals surface area contributed by atoms with Gasteiger partial charge in [-0.15, -0.1) is 0 Å². The molecule has 1 rings (SSSR count). The molecule has 29 heteroatoms. The highest BCUT2D eigenvalue weighted by atomic mass is 16.5. The molecule has 0 spiro atoms. The van der Waals surface area contributed by atoms with Crippen LogP contribution in [-0.2, 0) is 76.6 Å². The van der Waals surface area contributed by atoms with Crippen molar-refractivity contribution >= 4 is 82.8 Å². The topological polar surface area (TPSA) is 361 Å². The zero-order valence-corrected chi connectivity index (χ0v) is 64.9. The first-order valence-corrected chi connectivity index (χ1v) is 35.8. The summed E-state index contributed by atoms with van der Waals surface area (Å²) in [7, 11) is 9.79. The fourth-order valence-corrected chi connectivity index (χ4v) is 12.0. The molecule has 13 amide bonds. The SMILES string of the molecule is CCC(C)C1NC(=O)CCNC(=O)C(C(C)CC)N(C)C(=O)C(CC(C)C)NC(=O)CCN(C)C(=O)C(NC(=O)C(CC(C)C)N(C)C(=O)C(NC(=O)COC)C(C)C)C(C)OC(=O)C(C(C)CC)N(C)C(=O)C(CC(C)C)NC(=O)CCNC(=O)C(C)N(C)C(=O)C(C(C)C)N(C)C1=O. The Morgan fingerprint density at radius 1 is 0.570 bits per heavy atom. The lowest BCUT2D eigenvalue weighted by Gasteiger charge is -2.37. The van der Waals surface area contributed by atoms with E-state index < -0.39 is 185 Å². The van der Waals surface area contributed by atoms with Gasteiger partial charge in [-0.1, -0.05) is 130 Å². The first-order valence-electron chi connectivity index (χ1n) is 35.8. The van der Waals surface area contributed by atoms with Gasteiger partial charge < -0.3 is 76.1 Å². The van der Waals surface area contributed by atoms with Gasteiger partial charge >= 0.3 is 5.97 Å². The summed E-state index contributed by atoms with van der Waals surface area (Å²) in [4.78, 5) is 207. The molecule has 1 heterocycles. The Labute approximate surface area is 595 Å². The number of amides is 13. The lowest BCUT2D eigenvalue weighted by Crippen LogP contribution is -2.61. The second-order valence-corrected chi connectivity index (χ2v) is 29.3. The van der Waals surface area contributed by atoms with Crippen LogP contribution >= 0.6 is 0 Å². The van der Waals surface area contributed by atoms with Gasteiger partial charge in [-0.2, -0.15) is 0 Å². The van der Waals surface area contributed by atoms with E-state index in [0.717, 1.165) is 4.90 Å². The molecule has 1 aliphatic rings. The lowest BCUT2D eigenvalue weighted by molar-refractivity contribution is -0.164. The standard InChI is InChI=1S/C71H127N13O16/c1-26-44(14)57-69(96)82(22)59(43(12)13)70(97)80(20)47(17)62(89)72-32-29-52(85)74-50(36-40(6)7)66(93)84(24)61(46(16)28-3)71(98)100-48(18)58(78-63(90)51(37-41(8)9)81(21)68(95)56(42(10)11)77-55(88)38-99-25)67(94)79(19)34-31-54(87)75-49(35-39(4)5)65(92)83(23)60(45(15)27-2)64(91)73-33-30-53(86)76-57/h39-51,56-61H,26-38H2,1-25H3,(H,72,89)(H,73,91)(H,74,85)(H,75,87)(H,76,86)(H,77,88)(H,78,90). The smallest absolute Gasteiger partial charge is 0.329 e. The van der Waals surface area contributed by atoms with Crippen molar-refractivity contribution < 1.29 is 76.6 Å². The van der Waals surface area contributed by atoms with E-state index in [4.69, 9.17) is 9.47 Å². The van der Waals surface area contributed by atoms with Gasteiger partial charge in [0.1, 0.15) is 73.1 Å². The number of methoxy groups -OCH3 is 1. The molecule has 100 heavy (non-hydrogen) atoms. The molecule has 7 N–H and O–H groups in total. The number of rotatable bonds is 21. The highest BCUT2D eigenvalue weighted by Gasteiger charge is 2.44. The van der Waals surface area contributed by atoms with Crippen molar-refractivity contribution in [2.24, 2.45) is 47.3 Å². The fraction of sp³-hybridized carbons (Fsp3) is 0.803. The summed E-state index contributed by atoms with van der Waals surface area (Å²) >= 11 is 0. The van der Waals surface area contributed by atoms with Gasteiger partial charge in [0.15, 0.2) is 0 Å². The van der Waals surface area contributed by atoms with E-state index in [1.807, 2.05) is 55.4 Å². The maximum Gasteiger partial charge on any atom is 0.329 e. The van der Waals surface area contributed by atoms with Crippen molar-refractivity contribution in [2.75, 3.05) is 75.6 Å². The van der Waals surface area contributed by atoms with E-state index in [1.165, 1.54) is 87.7 Å². The minimum absolute atomic E-state index is 0.0632. The van der Waals surface area contributed by atoms with Crippen LogP contribution in [0.5, 0.6) is 0 Å². The van der Waals surface area contributed by atoms with Crippen LogP contribution in [0, 0.1) is 47.3 Å². The van der Waals surface area contributed by atoms with Crippen LogP contribution in [0.4, 0.5) is 0 Å². The van der Waals surface area contributed by atoms with Crippen LogP contribution in [-0.4, -0.2) is 254 Å². The molecule has 1 fully saturated rings. The van der Waals surface area contributed by atoms with E-state index in [-0.39, 0.29) is 76.1 Å². The first kappa shape index (κ1) is 90.6. The second kappa shape index (κ2) is 43.4. The summed E-state index contributed by atoms with van der Waals surface area (Å²) in [5.41, 5.74) is 0. The normalized spacial score (nSPS) is 24.8. The predicted octanol–water partition coefficient (Wildman–Crippen LogP) is 2.61. The molecular formula is C71H127N13O16. The second-order valence-electron chi connectivity index (χ2n) is 29.3. The zero-order valence-electron chi connectivity index (χ0n) is 64.9. The third kappa shape index (κ3) is 27.5. The van der Waals surface area contributed by atoms with Gasteiger partial charge in [-0.25, -0.2) is 4.79 Å². The molecule has 0 aromatic carbocycles. The Bertz CT molecular complexity index is 2760. The molecule has 0 radical (unpaired) electrons. The van der Waals surface area contributed by atoms with Crippen molar-refractivity contribution in [3.8, 4) is 0 Å². The van der Waals surface area contributed by atoms with Crippen LogP contribution in [0.15, 0.2) is 0 Å². The van der Waals surface area contributed by atoms with E-state index in [2.05, 4.69) is 37.2 Å². The number of carbonyl (C=O) groups excluding carboxylic acids is 14. The van der Waals surface area contributed by atoms with Crippen molar-refractivity contribution in [1.82, 2.24) is 66.6 Å². The van der Waals surface area contributed by atoms with Crippen molar-refractivity contribution in [2.45, 2.75) is 249 Å². The number of hydrogen-bond acceptors (Lipinski definition) is 16. The fourth-order valence-electron chi connectivity index (χ4n) is 12.0. The Morgan fingerprint density at radius 3 is 1.49 bits per heavy atom. The zero-order chi connectivity index (χ0) is 77.1. The molecule has 1 saturated heterocycles. The number of hydrogen-bond donors (Lipinski definition) is 7. The largest absolute Gasteiger partial charge is 0.458 e. The number of ether oxygens (including phenoxy) is 2. The predicted molar refractivity (Wildman–Crippen MR) is 379 cm³/mol.